The number of hydrogen-bond acceptors (Lipinski definition) is 3. The monoisotopic (exact) mass is 269 g/mol. The molecule has 1 N–H and O–H groups in total. The van der Waals surface area contributed by atoms with Crippen LogP contribution < -0.4 is 10.2 Å². The van der Waals surface area contributed by atoms with E-state index in [1.165, 1.54) is 29.3 Å². The quantitative estimate of drug-likeness (QED) is 0.898. The number of benzene rings is 1. The largest absolute Gasteiger partial charge is 0.388 e. The third-order valence-corrected chi connectivity index (χ3v) is 4.21. The van der Waals surface area contributed by atoms with Crippen LogP contribution in [0.3, 0.4) is 0 Å². The Labute approximate surface area is 121 Å². The minimum atomic E-state index is 0.758. The lowest BCUT2D eigenvalue weighted by Gasteiger charge is -2.33. The third kappa shape index (κ3) is 2.33. The van der Waals surface area contributed by atoms with Gasteiger partial charge >= 0.3 is 0 Å². The second kappa shape index (κ2) is 5.31. The van der Waals surface area contributed by atoms with Gasteiger partial charge in [-0.1, -0.05) is 19.1 Å². The van der Waals surface area contributed by atoms with Gasteiger partial charge in [0.05, 0.1) is 0 Å². The molecule has 0 saturated carbocycles. The van der Waals surface area contributed by atoms with Gasteiger partial charge in [0.2, 0.25) is 0 Å². The molecule has 3 nitrogen and oxygen atoms in total. The summed E-state index contributed by atoms with van der Waals surface area (Å²) < 4.78 is 0. The zero-order valence-corrected chi connectivity index (χ0v) is 12.6. The van der Waals surface area contributed by atoms with Gasteiger partial charge < -0.3 is 10.2 Å². The third-order valence-electron chi connectivity index (χ3n) is 4.21. The molecular formula is C17H23N3. The lowest BCUT2D eigenvalue weighted by Crippen LogP contribution is -2.35. The van der Waals surface area contributed by atoms with Gasteiger partial charge in [0.25, 0.3) is 0 Å². The molecule has 1 aromatic heterocycles. The highest BCUT2D eigenvalue weighted by Crippen LogP contribution is 2.32. The summed E-state index contributed by atoms with van der Waals surface area (Å²) in [6, 6.07) is 8.61. The first-order valence-corrected chi connectivity index (χ1v) is 7.52. The molecule has 0 spiro atoms. The number of nitrogens with one attached hydrogen (secondary N) is 1. The predicted molar refractivity (Wildman–Crippen MR) is 86.6 cm³/mol. The molecule has 1 aromatic carbocycles. The number of nitrogens with zero attached hydrogens (tertiary/aromatic N) is 2. The maximum absolute atomic E-state index is 4.83. The van der Waals surface area contributed by atoms with Crippen LogP contribution >= 0.6 is 0 Å². The first-order chi connectivity index (χ1) is 9.69. The number of hydrogen-bond donors (Lipinski definition) is 1. The molecule has 3 heteroatoms. The fraction of sp³-hybridized carbons (Fsp3) is 0.471. The molecule has 0 amide bonds. The van der Waals surface area contributed by atoms with E-state index in [0.717, 1.165) is 30.5 Å². The molecule has 3 rings (SSSR count). The summed E-state index contributed by atoms with van der Waals surface area (Å²) in [6.07, 6.45) is 2.60. The zero-order chi connectivity index (χ0) is 14.1. The van der Waals surface area contributed by atoms with E-state index in [1.54, 1.807) is 0 Å². The van der Waals surface area contributed by atoms with Gasteiger partial charge in [0, 0.05) is 42.3 Å². The van der Waals surface area contributed by atoms with E-state index < -0.39 is 0 Å². The average Bonchev–Trinajstić information content (AvgIpc) is 2.45. The van der Waals surface area contributed by atoms with Gasteiger partial charge in [-0.15, -0.1) is 0 Å². The van der Waals surface area contributed by atoms with Crippen LogP contribution in [0.15, 0.2) is 24.3 Å². The van der Waals surface area contributed by atoms with Crippen molar-refractivity contribution >= 4 is 22.3 Å². The van der Waals surface area contributed by atoms with Crippen molar-refractivity contribution in [3.05, 3.63) is 30.0 Å². The maximum atomic E-state index is 4.83. The Kier molecular flexibility index (Phi) is 3.51. The summed E-state index contributed by atoms with van der Waals surface area (Å²) in [6.45, 7) is 6.67. The Morgan fingerprint density at radius 3 is 2.90 bits per heavy atom. The van der Waals surface area contributed by atoms with Crippen LogP contribution in [0, 0.1) is 12.8 Å². The Morgan fingerprint density at radius 2 is 2.15 bits per heavy atom. The number of piperidine rings is 1. The first kappa shape index (κ1) is 13.2. The fourth-order valence-corrected chi connectivity index (χ4v) is 3.22. The molecule has 1 saturated heterocycles. The number of pyridine rings is 1. The summed E-state index contributed by atoms with van der Waals surface area (Å²) in [5, 5.41) is 5.82. The normalized spacial score (nSPS) is 19.4. The van der Waals surface area contributed by atoms with Crippen LogP contribution in [0.1, 0.15) is 25.5 Å². The van der Waals surface area contributed by atoms with Crippen molar-refractivity contribution in [2.75, 3.05) is 30.4 Å². The molecule has 0 bridgehead atoms. The van der Waals surface area contributed by atoms with E-state index in [1.807, 2.05) is 7.05 Å². The van der Waals surface area contributed by atoms with E-state index in [2.05, 4.69) is 48.3 Å². The number of fused-ring (bicyclic) bond motifs is 1. The molecule has 20 heavy (non-hydrogen) atoms. The van der Waals surface area contributed by atoms with E-state index in [-0.39, 0.29) is 0 Å². The van der Waals surface area contributed by atoms with E-state index in [0.29, 0.717) is 0 Å². The molecular weight excluding hydrogens is 246 g/mol. The summed E-state index contributed by atoms with van der Waals surface area (Å²) in [5.41, 5.74) is 2.27. The van der Waals surface area contributed by atoms with Crippen molar-refractivity contribution in [1.29, 1.82) is 0 Å². The van der Waals surface area contributed by atoms with Gasteiger partial charge in [-0.05, 0) is 37.8 Å². The Morgan fingerprint density at radius 1 is 1.30 bits per heavy atom. The lowest BCUT2D eigenvalue weighted by molar-refractivity contribution is 0.445. The van der Waals surface area contributed by atoms with Crippen molar-refractivity contribution in [1.82, 2.24) is 4.98 Å². The van der Waals surface area contributed by atoms with Gasteiger partial charge in [0.1, 0.15) is 5.82 Å². The molecule has 1 aliphatic rings. The summed E-state index contributed by atoms with van der Waals surface area (Å²) >= 11 is 0. The molecule has 106 valence electrons. The van der Waals surface area contributed by atoms with E-state index in [9.17, 15) is 0 Å². The highest BCUT2D eigenvalue weighted by Gasteiger charge is 2.20. The molecule has 1 unspecified atom stereocenters. The van der Waals surface area contributed by atoms with Gasteiger partial charge in [0.15, 0.2) is 0 Å². The summed E-state index contributed by atoms with van der Waals surface area (Å²) in [5.74, 6) is 1.91. The van der Waals surface area contributed by atoms with Gasteiger partial charge in [-0.25, -0.2) is 4.98 Å². The van der Waals surface area contributed by atoms with E-state index >= 15 is 0 Å². The molecule has 1 atom stereocenters. The topological polar surface area (TPSA) is 28.2 Å². The van der Waals surface area contributed by atoms with Crippen molar-refractivity contribution in [2.24, 2.45) is 5.92 Å². The molecule has 1 aliphatic heterocycles. The van der Waals surface area contributed by atoms with Crippen molar-refractivity contribution in [3.8, 4) is 0 Å². The summed E-state index contributed by atoms with van der Waals surface area (Å²) in [4.78, 5) is 7.29. The minimum absolute atomic E-state index is 0.758. The lowest BCUT2D eigenvalue weighted by atomic mass is 9.99. The van der Waals surface area contributed by atoms with Crippen LogP contribution in [0.25, 0.3) is 10.8 Å². The smallest absolute Gasteiger partial charge is 0.136 e. The van der Waals surface area contributed by atoms with Crippen LogP contribution in [-0.2, 0) is 0 Å². The van der Waals surface area contributed by atoms with Crippen molar-refractivity contribution in [2.45, 2.75) is 26.7 Å². The molecule has 2 heterocycles. The van der Waals surface area contributed by atoms with Crippen LogP contribution in [0.5, 0.6) is 0 Å². The SMILES string of the molecule is CNc1cccc2c(N3CCCC(C)C3)nc(C)cc12. The molecule has 0 aliphatic carbocycles. The van der Waals surface area contributed by atoms with Crippen molar-refractivity contribution < 1.29 is 0 Å². The van der Waals surface area contributed by atoms with Gasteiger partial charge in [-0.2, -0.15) is 0 Å². The highest BCUT2D eigenvalue weighted by atomic mass is 15.2. The van der Waals surface area contributed by atoms with Crippen molar-refractivity contribution in [3.63, 3.8) is 0 Å². The molecule has 1 fully saturated rings. The summed E-state index contributed by atoms with van der Waals surface area (Å²) in [7, 11) is 1.98. The number of rotatable bonds is 2. The highest BCUT2D eigenvalue weighted by molar-refractivity contribution is 6.00. The second-order valence-corrected chi connectivity index (χ2v) is 5.93. The Hall–Kier alpha value is -1.77. The van der Waals surface area contributed by atoms with E-state index in [4.69, 9.17) is 4.98 Å². The van der Waals surface area contributed by atoms with Gasteiger partial charge in [-0.3, -0.25) is 0 Å². The minimum Gasteiger partial charge on any atom is -0.388 e. The molecule has 2 aromatic rings. The Bertz CT molecular complexity index is 621. The zero-order valence-electron chi connectivity index (χ0n) is 12.6. The first-order valence-electron chi connectivity index (χ1n) is 7.52. The Balaban J connectivity index is 2.14. The molecule has 0 radical (unpaired) electrons. The van der Waals surface area contributed by atoms with Crippen LogP contribution in [0.4, 0.5) is 11.5 Å². The number of aryl methyl sites for hydroxylation is 1. The maximum Gasteiger partial charge on any atom is 0.136 e. The number of aromatic nitrogens is 1. The van der Waals surface area contributed by atoms with Crippen LogP contribution in [0.2, 0.25) is 0 Å². The average molecular weight is 269 g/mol. The standard InChI is InChI=1S/C17H23N3/c1-12-6-5-9-20(11-12)17-14-7-4-8-16(18-3)15(14)10-13(2)19-17/h4,7-8,10,12,18H,5-6,9,11H2,1-3H3. The fourth-order valence-electron chi connectivity index (χ4n) is 3.22. The number of anilines is 2. The predicted octanol–water partition coefficient (Wildman–Crippen LogP) is 3.82. The second-order valence-electron chi connectivity index (χ2n) is 5.93. The van der Waals surface area contributed by atoms with Crippen LogP contribution in [-0.4, -0.2) is 25.1 Å².